The Balaban J connectivity index is 2.21. The zero-order chi connectivity index (χ0) is 14.8. The molecule has 1 aliphatic heterocycles. The normalized spacial score (nSPS) is 23.4. The number of hydrogen-bond acceptors (Lipinski definition) is 3. The molecule has 0 spiro atoms. The average molecular weight is 297 g/mol. The quantitative estimate of drug-likeness (QED) is 0.896. The fourth-order valence-corrected chi connectivity index (χ4v) is 2.94. The lowest BCUT2D eigenvalue weighted by atomic mass is 9.94. The first-order valence-electron chi connectivity index (χ1n) is 7.36. The zero-order valence-corrected chi connectivity index (χ0v) is 13.4. The summed E-state index contributed by atoms with van der Waals surface area (Å²) in [6.07, 6.45) is 1.89. The summed E-state index contributed by atoms with van der Waals surface area (Å²) in [5, 5.41) is 14.5. The fraction of sp³-hybridized carbons (Fsp3) is 0.625. The predicted octanol–water partition coefficient (Wildman–Crippen LogP) is 3.19. The van der Waals surface area contributed by atoms with Crippen LogP contribution in [-0.2, 0) is 6.54 Å². The topological polar surface area (TPSA) is 35.5 Å². The van der Waals surface area contributed by atoms with Crippen LogP contribution in [0.15, 0.2) is 18.2 Å². The third kappa shape index (κ3) is 4.11. The summed E-state index contributed by atoms with van der Waals surface area (Å²) < 4.78 is 0. The van der Waals surface area contributed by atoms with Gasteiger partial charge in [0, 0.05) is 36.4 Å². The maximum Gasteiger partial charge on any atom is 0.0794 e. The zero-order valence-electron chi connectivity index (χ0n) is 12.6. The van der Waals surface area contributed by atoms with Gasteiger partial charge in [0.25, 0.3) is 0 Å². The Morgan fingerprint density at radius 1 is 1.45 bits per heavy atom. The van der Waals surface area contributed by atoms with Crippen LogP contribution in [-0.4, -0.2) is 29.8 Å². The third-order valence-electron chi connectivity index (χ3n) is 3.76. The van der Waals surface area contributed by atoms with Crippen LogP contribution in [0.3, 0.4) is 0 Å². The summed E-state index contributed by atoms with van der Waals surface area (Å²) >= 11 is 6.13. The number of nitrogens with zero attached hydrogens (tertiary/aromatic N) is 1. The molecule has 0 bridgehead atoms. The largest absolute Gasteiger partial charge is 0.388 e. The molecular weight excluding hydrogens is 272 g/mol. The molecule has 2 N–H and O–H groups in total. The highest BCUT2D eigenvalue weighted by Crippen LogP contribution is 2.30. The molecule has 1 atom stereocenters. The molecule has 1 heterocycles. The molecule has 0 radical (unpaired) electrons. The predicted molar refractivity (Wildman–Crippen MR) is 85.5 cm³/mol. The molecule has 112 valence electrons. The summed E-state index contributed by atoms with van der Waals surface area (Å²) in [7, 11) is 0. The van der Waals surface area contributed by atoms with Crippen molar-refractivity contribution in [3.63, 3.8) is 0 Å². The minimum atomic E-state index is -0.597. The van der Waals surface area contributed by atoms with Crippen LogP contribution in [0.25, 0.3) is 0 Å². The van der Waals surface area contributed by atoms with Gasteiger partial charge >= 0.3 is 0 Å². The average Bonchev–Trinajstić information content (AvgIpc) is 2.35. The van der Waals surface area contributed by atoms with Crippen molar-refractivity contribution in [1.82, 2.24) is 5.32 Å². The van der Waals surface area contributed by atoms with Crippen LogP contribution in [0.2, 0.25) is 5.02 Å². The molecule has 1 aliphatic rings. The molecule has 1 aromatic carbocycles. The standard InChI is InChI=1S/C16H25ClN2O/c1-12(2)18-10-13-9-14(17)5-6-15(13)19-8-4-7-16(3,20)11-19/h5-6,9,12,18,20H,4,7-8,10-11H2,1-3H3. The van der Waals surface area contributed by atoms with Gasteiger partial charge in [-0.1, -0.05) is 25.4 Å². The van der Waals surface area contributed by atoms with Gasteiger partial charge in [-0.3, -0.25) is 0 Å². The van der Waals surface area contributed by atoms with E-state index in [1.807, 2.05) is 19.1 Å². The van der Waals surface area contributed by atoms with E-state index in [0.717, 1.165) is 31.0 Å². The first kappa shape index (κ1) is 15.6. The van der Waals surface area contributed by atoms with Gasteiger partial charge in [-0.05, 0) is 43.5 Å². The van der Waals surface area contributed by atoms with Crippen LogP contribution in [0.1, 0.15) is 39.2 Å². The Kier molecular flexibility index (Phi) is 4.95. The highest BCUT2D eigenvalue weighted by atomic mass is 35.5. The van der Waals surface area contributed by atoms with E-state index in [0.29, 0.717) is 12.6 Å². The van der Waals surface area contributed by atoms with Gasteiger partial charge in [0.05, 0.1) is 5.60 Å². The number of anilines is 1. The minimum absolute atomic E-state index is 0.436. The minimum Gasteiger partial charge on any atom is -0.388 e. The molecule has 1 unspecified atom stereocenters. The number of benzene rings is 1. The SMILES string of the molecule is CC(C)NCc1cc(Cl)ccc1N1CCCC(C)(O)C1. The van der Waals surface area contributed by atoms with Gasteiger partial charge in [0.2, 0.25) is 0 Å². The van der Waals surface area contributed by atoms with Crippen molar-refractivity contribution in [3.8, 4) is 0 Å². The first-order chi connectivity index (χ1) is 9.37. The summed E-state index contributed by atoms with van der Waals surface area (Å²) in [5.74, 6) is 0. The van der Waals surface area contributed by atoms with Crippen LogP contribution in [0, 0.1) is 0 Å². The second-order valence-electron chi connectivity index (χ2n) is 6.33. The van der Waals surface area contributed by atoms with Gasteiger partial charge in [-0.25, -0.2) is 0 Å². The lowest BCUT2D eigenvalue weighted by Crippen LogP contribution is -2.46. The molecule has 1 saturated heterocycles. The van der Waals surface area contributed by atoms with Crippen LogP contribution < -0.4 is 10.2 Å². The van der Waals surface area contributed by atoms with Crippen LogP contribution >= 0.6 is 11.6 Å². The number of β-amino-alcohol motifs (C(OH)–C–C–N with tert-alkyl or cyclic N) is 1. The second kappa shape index (κ2) is 6.33. The summed E-state index contributed by atoms with van der Waals surface area (Å²) in [6, 6.07) is 6.46. The molecule has 4 heteroatoms. The van der Waals surface area contributed by atoms with Crippen molar-refractivity contribution in [2.45, 2.75) is 51.8 Å². The highest BCUT2D eigenvalue weighted by molar-refractivity contribution is 6.30. The Bertz CT molecular complexity index is 460. The Morgan fingerprint density at radius 2 is 2.20 bits per heavy atom. The number of piperidine rings is 1. The number of nitrogens with one attached hydrogen (secondary N) is 1. The van der Waals surface area contributed by atoms with E-state index in [4.69, 9.17) is 11.6 Å². The number of aliphatic hydroxyl groups is 1. The lowest BCUT2D eigenvalue weighted by Gasteiger charge is -2.39. The van der Waals surface area contributed by atoms with Gasteiger partial charge in [0.1, 0.15) is 0 Å². The van der Waals surface area contributed by atoms with Gasteiger partial charge in [-0.15, -0.1) is 0 Å². The Morgan fingerprint density at radius 3 is 2.85 bits per heavy atom. The van der Waals surface area contributed by atoms with E-state index in [2.05, 4.69) is 30.1 Å². The van der Waals surface area contributed by atoms with Crippen LogP contribution in [0.5, 0.6) is 0 Å². The Labute approximate surface area is 126 Å². The van der Waals surface area contributed by atoms with Crippen molar-refractivity contribution in [3.05, 3.63) is 28.8 Å². The van der Waals surface area contributed by atoms with E-state index in [1.165, 1.54) is 11.3 Å². The molecule has 0 aliphatic carbocycles. The van der Waals surface area contributed by atoms with E-state index < -0.39 is 5.60 Å². The number of rotatable bonds is 4. The van der Waals surface area contributed by atoms with Gasteiger partial charge in [-0.2, -0.15) is 0 Å². The fourth-order valence-electron chi connectivity index (χ4n) is 2.74. The van der Waals surface area contributed by atoms with E-state index >= 15 is 0 Å². The van der Waals surface area contributed by atoms with Crippen molar-refractivity contribution in [2.75, 3.05) is 18.0 Å². The summed E-state index contributed by atoms with van der Waals surface area (Å²) in [6.45, 7) is 8.66. The van der Waals surface area contributed by atoms with E-state index in [1.54, 1.807) is 0 Å². The monoisotopic (exact) mass is 296 g/mol. The second-order valence-corrected chi connectivity index (χ2v) is 6.77. The highest BCUT2D eigenvalue weighted by Gasteiger charge is 2.29. The smallest absolute Gasteiger partial charge is 0.0794 e. The van der Waals surface area contributed by atoms with E-state index in [9.17, 15) is 5.11 Å². The number of halogens is 1. The van der Waals surface area contributed by atoms with Crippen molar-refractivity contribution in [2.24, 2.45) is 0 Å². The molecule has 20 heavy (non-hydrogen) atoms. The molecule has 1 fully saturated rings. The van der Waals surface area contributed by atoms with Crippen LogP contribution in [0.4, 0.5) is 5.69 Å². The van der Waals surface area contributed by atoms with Gasteiger partial charge < -0.3 is 15.3 Å². The molecular formula is C16H25ClN2O. The summed E-state index contributed by atoms with van der Waals surface area (Å²) in [5.41, 5.74) is 1.78. The molecule has 0 amide bonds. The van der Waals surface area contributed by atoms with Crippen molar-refractivity contribution < 1.29 is 5.11 Å². The summed E-state index contributed by atoms with van der Waals surface area (Å²) in [4.78, 5) is 2.27. The Hall–Kier alpha value is -0.770. The molecule has 3 nitrogen and oxygen atoms in total. The maximum atomic E-state index is 10.3. The molecule has 0 aromatic heterocycles. The van der Waals surface area contributed by atoms with E-state index in [-0.39, 0.29) is 0 Å². The third-order valence-corrected chi connectivity index (χ3v) is 3.99. The molecule has 1 aromatic rings. The molecule has 2 rings (SSSR count). The number of hydrogen-bond donors (Lipinski definition) is 2. The maximum absolute atomic E-state index is 10.3. The molecule has 0 saturated carbocycles. The van der Waals surface area contributed by atoms with Crippen molar-refractivity contribution >= 4 is 17.3 Å². The van der Waals surface area contributed by atoms with Crippen molar-refractivity contribution in [1.29, 1.82) is 0 Å². The lowest BCUT2D eigenvalue weighted by molar-refractivity contribution is 0.0449. The first-order valence-corrected chi connectivity index (χ1v) is 7.74. The van der Waals surface area contributed by atoms with Gasteiger partial charge in [0.15, 0.2) is 0 Å².